The zero-order valence-electron chi connectivity index (χ0n) is 9.76. The quantitative estimate of drug-likeness (QED) is 0.833. The van der Waals surface area contributed by atoms with Gasteiger partial charge in [-0.1, -0.05) is 0 Å². The molecule has 3 N–H and O–H groups in total. The minimum Gasteiger partial charge on any atom is -0.397 e. The Balaban J connectivity index is 2.78. The van der Waals surface area contributed by atoms with E-state index in [1.807, 2.05) is 0 Å². The molecule has 1 amide bonds. The van der Waals surface area contributed by atoms with Gasteiger partial charge in [-0.05, 0) is 22.0 Å². The lowest BCUT2D eigenvalue weighted by Gasteiger charge is -2.21. The smallest absolute Gasteiger partial charge is 0.221 e. The molecule has 0 unspecified atom stereocenters. The second-order valence-corrected chi connectivity index (χ2v) is 4.52. The molecular formula is C11H15BrFN3O. The molecule has 17 heavy (non-hydrogen) atoms. The average molecular weight is 304 g/mol. The Labute approximate surface area is 108 Å². The summed E-state index contributed by atoms with van der Waals surface area (Å²) in [4.78, 5) is 12.9. The van der Waals surface area contributed by atoms with Gasteiger partial charge in [0.15, 0.2) is 0 Å². The summed E-state index contributed by atoms with van der Waals surface area (Å²) in [6.07, 6.45) is 0.337. The second-order valence-electron chi connectivity index (χ2n) is 3.67. The Hall–Kier alpha value is -1.30. The number of rotatable bonds is 4. The van der Waals surface area contributed by atoms with Crippen LogP contribution >= 0.6 is 15.9 Å². The summed E-state index contributed by atoms with van der Waals surface area (Å²) in [7, 11) is 3.35. The highest BCUT2D eigenvalue weighted by Crippen LogP contribution is 2.28. The molecule has 0 saturated carbocycles. The lowest BCUT2D eigenvalue weighted by molar-refractivity contribution is -0.120. The Kier molecular flexibility index (Phi) is 4.74. The number of benzene rings is 1. The maximum absolute atomic E-state index is 13.4. The Morgan fingerprint density at radius 3 is 2.82 bits per heavy atom. The van der Waals surface area contributed by atoms with Gasteiger partial charge >= 0.3 is 0 Å². The van der Waals surface area contributed by atoms with Gasteiger partial charge in [0.05, 0.1) is 15.8 Å². The molecule has 0 aromatic heterocycles. The van der Waals surface area contributed by atoms with Crippen molar-refractivity contribution in [3.05, 3.63) is 22.4 Å². The topological polar surface area (TPSA) is 58.4 Å². The first-order chi connectivity index (χ1) is 7.95. The molecule has 0 atom stereocenters. The third-order valence-electron chi connectivity index (χ3n) is 2.43. The van der Waals surface area contributed by atoms with Gasteiger partial charge in [-0.25, -0.2) is 4.39 Å². The maximum Gasteiger partial charge on any atom is 0.221 e. The van der Waals surface area contributed by atoms with E-state index in [9.17, 15) is 9.18 Å². The molecule has 0 fully saturated rings. The van der Waals surface area contributed by atoms with Crippen molar-refractivity contribution in [2.24, 2.45) is 0 Å². The number of nitrogen functional groups attached to an aromatic ring is 1. The summed E-state index contributed by atoms with van der Waals surface area (Å²) in [5, 5.41) is 2.53. The number of anilines is 2. The summed E-state index contributed by atoms with van der Waals surface area (Å²) in [6.45, 7) is 0.477. The van der Waals surface area contributed by atoms with Crippen molar-refractivity contribution >= 4 is 33.2 Å². The van der Waals surface area contributed by atoms with Crippen LogP contribution in [0.25, 0.3) is 0 Å². The van der Waals surface area contributed by atoms with Crippen molar-refractivity contribution in [3.63, 3.8) is 0 Å². The van der Waals surface area contributed by atoms with E-state index in [0.29, 0.717) is 28.8 Å². The Morgan fingerprint density at radius 1 is 1.59 bits per heavy atom. The number of hydrogen-bond donors (Lipinski definition) is 2. The second kappa shape index (κ2) is 5.86. The molecule has 94 valence electrons. The minimum atomic E-state index is -0.374. The number of hydrogen-bond acceptors (Lipinski definition) is 3. The highest BCUT2D eigenvalue weighted by molar-refractivity contribution is 9.10. The summed E-state index contributed by atoms with van der Waals surface area (Å²) in [5.74, 6) is -0.436. The molecule has 1 aromatic carbocycles. The molecule has 0 aliphatic rings. The van der Waals surface area contributed by atoms with E-state index < -0.39 is 0 Å². The zero-order valence-corrected chi connectivity index (χ0v) is 11.3. The average Bonchev–Trinajstić information content (AvgIpc) is 2.30. The fourth-order valence-corrected chi connectivity index (χ4v) is 1.76. The lowest BCUT2D eigenvalue weighted by Crippen LogP contribution is -2.26. The third-order valence-corrected chi connectivity index (χ3v) is 3.04. The first-order valence-electron chi connectivity index (χ1n) is 5.12. The number of nitrogens with one attached hydrogen (secondary N) is 1. The van der Waals surface area contributed by atoms with Crippen LogP contribution in [-0.4, -0.2) is 26.5 Å². The van der Waals surface area contributed by atoms with Gasteiger partial charge in [0.1, 0.15) is 5.82 Å². The minimum absolute atomic E-state index is 0.0620. The molecule has 0 heterocycles. The van der Waals surface area contributed by atoms with Crippen LogP contribution in [0.1, 0.15) is 6.42 Å². The highest BCUT2D eigenvalue weighted by Gasteiger charge is 2.10. The third kappa shape index (κ3) is 3.59. The van der Waals surface area contributed by atoms with Crippen molar-refractivity contribution in [3.8, 4) is 0 Å². The number of amides is 1. The van der Waals surface area contributed by atoms with Gasteiger partial charge in [0.25, 0.3) is 0 Å². The van der Waals surface area contributed by atoms with E-state index >= 15 is 0 Å². The normalized spacial score (nSPS) is 10.1. The molecule has 1 rings (SSSR count). The van der Waals surface area contributed by atoms with Crippen molar-refractivity contribution in [1.29, 1.82) is 0 Å². The van der Waals surface area contributed by atoms with Crippen LogP contribution in [0.2, 0.25) is 0 Å². The van der Waals surface area contributed by atoms with Gasteiger partial charge in [-0.15, -0.1) is 0 Å². The number of nitrogens with two attached hydrogens (primary N) is 1. The van der Waals surface area contributed by atoms with E-state index in [4.69, 9.17) is 5.73 Å². The van der Waals surface area contributed by atoms with E-state index in [0.717, 1.165) is 0 Å². The molecule has 6 heteroatoms. The maximum atomic E-state index is 13.4. The number of carbonyl (C=O) groups excluding carboxylic acids is 1. The largest absolute Gasteiger partial charge is 0.397 e. The summed E-state index contributed by atoms with van der Waals surface area (Å²) >= 11 is 3.07. The highest BCUT2D eigenvalue weighted by atomic mass is 79.9. The molecular weight excluding hydrogens is 289 g/mol. The van der Waals surface area contributed by atoms with Gasteiger partial charge in [-0.2, -0.15) is 0 Å². The molecule has 0 aliphatic carbocycles. The van der Waals surface area contributed by atoms with Crippen LogP contribution in [0.5, 0.6) is 0 Å². The number of nitrogens with zero attached hydrogens (tertiary/aromatic N) is 1. The van der Waals surface area contributed by atoms with Gasteiger partial charge in [0, 0.05) is 33.1 Å². The van der Waals surface area contributed by atoms with Gasteiger partial charge in [-0.3, -0.25) is 4.79 Å². The molecule has 0 aliphatic heterocycles. The predicted molar refractivity (Wildman–Crippen MR) is 70.5 cm³/mol. The number of carbonyl (C=O) groups is 1. The fourth-order valence-electron chi connectivity index (χ4n) is 1.40. The fraction of sp³-hybridized carbons (Fsp3) is 0.364. The van der Waals surface area contributed by atoms with Gasteiger partial charge in [0.2, 0.25) is 5.91 Å². The Bertz CT molecular complexity index is 425. The summed E-state index contributed by atoms with van der Waals surface area (Å²) in [6, 6.07) is 2.87. The van der Waals surface area contributed by atoms with Crippen molar-refractivity contribution in [1.82, 2.24) is 5.32 Å². The summed E-state index contributed by atoms with van der Waals surface area (Å²) in [5.41, 5.74) is 6.84. The predicted octanol–water partition coefficient (Wildman–Crippen LogP) is 1.74. The zero-order chi connectivity index (χ0) is 13.0. The standard InChI is InChI=1S/C11H15BrFN3O/c1-15-11(17)3-4-16(2)10-6-8(13)7(12)5-9(10)14/h5-6H,3-4,14H2,1-2H3,(H,15,17). The van der Waals surface area contributed by atoms with Crippen LogP contribution in [0.3, 0.4) is 0 Å². The summed E-state index contributed by atoms with van der Waals surface area (Å²) < 4.78 is 13.7. The molecule has 0 radical (unpaired) electrons. The first-order valence-corrected chi connectivity index (χ1v) is 5.91. The van der Waals surface area contributed by atoms with E-state index in [1.165, 1.54) is 12.1 Å². The molecule has 0 bridgehead atoms. The van der Waals surface area contributed by atoms with E-state index in [1.54, 1.807) is 19.0 Å². The van der Waals surface area contributed by atoms with E-state index in [2.05, 4.69) is 21.2 Å². The molecule has 1 aromatic rings. The Morgan fingerprint density at radius 2 is 2.24 bits per heavy atom. The van der Waals surface area contributed by atoms with Crippen LogP contribution in [0.4, 0.5) is 15.8 Å². The van der Waals surface area contributed by atoms with Crippen molar-refractivity contribution < 1.29 is 9.18 Å². The number of halogens is 2. The van der Waals surface area contributed by atoms with Crippen LogP contribution < -0.4 is 16.0 Å². The molecule has 0 spiro atoms. The van der Waals surface area contributed by atoms with Crippen molar-refractivity contribution in [2.75, 3.05) is 31.3 Å². The van der Waals surface area contributed by atoms with Crippen molar-refractivity contribution in [2.45, 2.75) is 6.42 Å². The van der Waals surface area contributed by atoms with Crippen LogP contribution in [0, 0.1) is 5.82 Å². The first kappa shape index (κ1) is 13.8. The van der Waals surface area contributed by atoms with Crippen LogP contribution in [0.15, 0.2) is 16.6 Å². The SMILES string of the molecule is CNC(=O)CCN(C)c1cc(F)c(Br)cc1N. The van der Waals surface area contributed by atoms with Crippen LogP contribution in [-0.2, 0) is 4.79 Å². The van der Waals surface area contributed by atoms with E-state index in [-0.39, 0.29) is 11.7 Å². The monoisotopic (exact) mass is 303 g/mol. The van der Waals surface area contributed by atoms with Gasteiger partial charge < -0.3 is 16.0 Å². The lowest BCUT2D eigenvalue weighted by atomic mass is 10.2. The molecule has 4 nitrogen and oxygen atoms in total. The molecule has 0 saturated heterocycles.